The molecule has 0 radical (unpaired) electrons. The number of aliphatic hydroxyl groups excluding tert-OH is 2. The number of hydrogen-bond donors (Lipinski definition) is 4. The van der Waals surface area contributed by atoms with E-state index in [1.54, 1.807) is 0 Å². The molecule has 2 fully saturated rings. The number of phosphoric ester groups is 1. The quantitative estimate of drug-likeness (QED) is 0.0168. The van der Waals surface area contributed by atoms with Crippen LogP contribution in [0.5, 0.6) is 0 Å². The molecule has 0 aromatic rings. The summed E-state index contributed by atoms with van der Waals surface area (Å²) in [4.78, 5) is 107. The number of hydrogen-bond acceptors (Lipinski definition) is 21. The number of aliphatic hydroxyl groups is 2. The van der Waals surface area contributed by atoms with E-state index in [-0.39, 0.29) is 146 Å². The first-order valence-electron chi connectivity index (χ1n) is 38.7. The number of carbonyl (C=O) groups is 5. The van der Waals surface area contributed by atoms with Crippen molar-refractivity contribution >= 4 is 44.8 Å². The summed E-state index contributed by atoms with van der Waals surface area (Å²) in [6.45, 7) is 9.88. The van der Waals surface area contributed by atoms with E-state index in [0.717, 1.165) is 167 Å². The molecule has 2 amide bonds. The van der Waals surface area contributed by atoms with Gasteiger partial charge in [-0.05, 0) is 64.2 Å². The summed E-state index contributed by atoms with van der Waals surface area (Å²) < 4.78 is 80.0. The molecule has 2 rings (SSSR count). The van der Waals surface area contributed by atoms with Gasteiger partial charge in [0.05, 0.1) is 46.6 Å². The van der Waals surface area contributed by atoms with Crippen molar-refractivity contribution in [1.82, 2.24) is 10.6 Å². The third-order valence-electron chi connectivity index (χ3n) is 18.3. The monoisotopic (exact) mass is 1520 g/mol. The van der Waals surface area contributed by atoms with E-state index in [0.29, 0.717) is 38.5 Å². The number of Topliss-reactive ketones (excluding diaryl/α,β-unsaturated/α-hetero) is 2. The molecule has 4 N–H and O–H groups in total. The zero-order valence-electron chi connectivity index (χ0n) is 65.1. The second kappa shape index (κ2) is 66.1. The zero-order chi connectivity index (χ0) is 72.9. The minimum atomic E-state index is -5.91. The standard InChI is InChI=1S/C74H138N2O21P2.3Na/c1-8-13-18-23-26-29-32-37-41-46-59(78)54-64(80)75-67-71(90-52-50-58(77)45-40-35-21-16-11-4)69(83)62(94-74(67)97-98(7,84)85)57-92-73-68(76-65(81)55-60(79)47-42-38-33-30-27-24-19-14-9-2)72(70(96-99(86,87)88)63(95-73)56-89-6)91-53-51-61(48-43-36-22-17-12-5)93-66(82)49-44-39-34-31-28-25-20-15-10-3;;;/h31,34,58,61-63,67-74,77,83H,8-30,32-33,35-57H2,1-7H3,(H,75,80)(H,76,81)(H,84,85)(H2,86,87,88);;;/q;3*+1/p-3/b34-31-;;;/t58-,61-,62?,63?,67?,68?,69?,70?,71?,72?,73?,74?;;;/m1.../s1. The molecular weight excluding hydrogens is 1380 g/mol. The average Bonchev–Trinajstić information content (AvgIpc) is 0.788. The van der Waals surface area contributed by atoms with Crippen LogP contribution in [-0.4, -0.2) is 153 Å². The number of phosphoric acid groups is 1. The van der Waals surface area contributed by atoms with Crippen molar-refractivity contribution in [2.45, 2.75) is 391 Å². The fourth-order valence-electron chi connectivity index (χ4n) is 12.7. The molecule has 0 aliphatic carbocycles. The minimum Gasteiger partial charge on any atom is -0.790 e. The number of ether oxygens (including phenoxy) is 7. The predicted molar refractivity (Wildman–Crippen MR) is 378 cm³/mol. The molecule has 13 atom stereocenters. The minimum absolute atomic E-state index is 0. The maximum atomic E-state index is 14.3. The Balaban J connectivity index is 0. The zero-order valence-corrected chi connectivity index (χ0v) is 72.9. The molecule has 2 heterocycles. The smallest absolute Gasteiger partial charge is 0.790 e. The van der Waals surface area contributed by atoms with Crippen LogP contribution in [0, 0.1) is 0 Å². The predicted octanol–water partition coefficient (Wildman–Crippen LogP) is 3.86. The van der Waals surface area contributed by atoms with Crippen LogP contribution in [0.2, 0.25) is 0 Å². The second-order valence-electron chi connectivity index (χ2n) is 27.7. The number of allylic oxidation sites excluding steroid dienone is 2. The van der Waals surface area contributed by atoms with Crippen LogP contribution in [0.15, 0.2) is 12.2 Å². The van der Waals surface area contributed by atoms with Crippen LogP contribution < -0.4 is 114 Å². The number of rotatable bonds is 65. The maximum absolute atomic E-state index is 14.3. The Morgan fingerprint density at radius 3 is 1.38 bits per heavy atom. The Bertz CT molecular complexity index is 2240. The van der Waals surface area contributed by atoms with Crippen LogP contribution in [0.3, 0.4) is 0 Å². The largest absolute Gasteiger partial charge is 1.00 e. The van der Waals surface area contributed by atoms with E-state index in [9.17, 15) is 58.0 Å². The van der Waals surface area contributed by atoms with E-state index in [1.807, 2.05) is 0 Å². The molecule has 0 saturated carbocycles. The van der Waals surface area contributed by atoms with E-state index in [4.69, 9.17) is 42.2 Å². The molecule has 0 bridgehead atoms. The van der Waals surface area contributed by atoms with Crippen molar-refractivity contribution < 1.29 is 189 Å². The number of ketones is 2. The molecule has 2 saturated heterocycles. The summed E-state index contributed by atoms with van der Waals surface area (Å²) in [6.07, 6.45) is 24.1. The number of carbonyl (C=O) groups excluding carboxylic acids is 5. The van der Waals surface area contributed by atoms with E-state index >= 15 is 0 Å². The Morgan fingerprint density at radius 2 is 0.902 bits per heavy atom. The van der Waals surface area contributed by atoms with Gasteiger partial charge in [0.15, 0.2) is 12.6 Å². The van der Waals surface area contributed by atoms with Gasteiger partial charge in [-0.25, -0.2) is 0 Å². The van der Waals surface area contributed by atoms with Gasteiger partial charge in [-0.15, -0.1) is 0 Å². The van der Waals surface area contributed by atoms with Crippen LogP contribution in [-0.2, 0) is 75.3 Å². The van der Waals surface area contributed by atoms with Crippen LogP contribution >= 0.6 is 15.4 Å². The normalized spacial score (nSPS) is 21.8. The number of esters is 1. The molecule has 0 aromatic carbocycles. The number of amides is 2. The summed E-state index contributed by atoms with van der Waals surface area (Å²) in [5, 5.41) is 28.8. The Hall–Kier alpha value is 0.430. The van der Waals surface area contributed by atoms with E-state index in [1.165, 1.54) is 45.6 Å². The van der Waals surface area contributed by atoms with Gasteiger partial charge in [0.2, 0.25) is 11.8 Å². The number of methoxy groups -OCH3 is 1. The van der Waals surface area contributed by atoms with Gasteiger partial charge in [0.25, 0.3) is 0 Å². The summed E-state index contributed by atoms with van der Waals surface area (Å²) >= 11 is 0. The Kier molecular flexibility index (Phi) is 67.7. The number of nitrogens with one attached hydrogen (secondary N) is 2. The van der Waals surface area contributed by atoms with E-state index < -0.39 is 133 Å². The molecule has 2 aliphatic heterocycles. The first kappa shape index (κ1) is 104. The van der Waals surface area contributed by atoms with Crippen LogP contribution in [0.25, 0.3) is 0 Å². The fraction of sp³-hybridized carbons (Fsp3) is 0.905. The number of unbranched alkanes of at least 4 members (excludes halogenated alkanes) is 29. The van der Waals surface area contributed by atoms with Crippen molar-refractivity contribution in [1.29, 1.82) is 0 Å². The third-order valence-corrected chi connectivity index (χ3v) is 19.4. The van der Waals surface area contributed by atoms with Gasteiger partial charge in [-0.3, -0.25) is 24.0 Å². The van der Waals surface area contributed by atoms with Crippen molar-refractivity contribution in [2.75, 3.05) is 40.2 Å². The third kappa shape index (κ3) is 52.6. The molecule has 0 spiro atoms. The molecule has 102 heavy (non-hydrogen) atoms. The molecule has 0 aromatic heterocycles. The van der Waals surface area contributed by atoms with Crippen molar-refractivity contribution in [3.63, 3.8) is 0 Å². The van der Waals surface area contributed by atoms with Gasteiger partial charge in [-0.1, -0.05) is 227 Å². The topological polar surface area (TPSA) is 336 Å². The summed E-state index contributed by atoms with van der Waals surface area (Å²) in [5.41, 5.74) is 0. The molecule has 11 unspecified atom stereocenters. The van der Waals surface area contributed by atoms with Gasteiger partial charge in [0, 0.05) is 46.1 Å². The molecule has 2 aliphatic rings. The second-order valence-corrected chi connectivity index (χ2v) is 30.5. The van der Waals surface area contributed by atoms with Crippen molar-refractivity contribution in [2.24, 2.45) is 0 Å². The van der Waals surface area contributed by atoms with Gasteiger partial charge in [0.1, 0.15) is 74.0 Å². The maximum Gasteiger partial charge on any atom is 1.00 e. The fourth-order valence-corrected chi connectivity index (χ4v) is 13.8. The van der Waals surface area contributed by atoms with Crippen LogP contribution in [0.1, 0.15) is 317 Å². The first-order valence-corrected chi connectivity index (χ1v) is 42.2. The SMILES string of the molecule is CCCCCC/C=C\CCCC(=O)O[C@H](CCCCCCC)CCOC1C(NC(=O)CC(=O)CCCCCCCCCCC)C(OCC2OC(OP(C)(=O)[O-])C(NC(=O)CC(=O)CCCCCCCCCCC)C(OCC[C@H](O)CCCCCCC)C2O)OC(COC)C1OP(=O)([O-])[O-].[Na+].[Na+].[Na+]. The van der Waals surface area contributed by atoms with Crippen molar-refractivity contribution in [3.8, 4) is 0 Å². The Labute approximate surface area is 681 Å². The van der Waals surface area contributed by atoms with Gasteiger partial charge in [-0.2, -0.15) is 0 Å². The van der Waals surface area contributed by atoms with Gasteiger partial charge >= 0.3 is 94.6 Å². The van der Waals surface area contributed by atoms with Crippen LogP contribution in [0.4, 0.5) is 0 Å². The average molecular weight is 1520 g/mol. The van der Waals surface area contributed by atoms with Crippen molar-refractivity contribution in [3.05, 3.63) is 12.2 Å². The molecular formula is C74H135N2Na3O21P2. The first-order chi connectivity index (χ1) is 47.6. The molecule has 28 heteroatoms. The van der Waals surface area contributed by atoms with E-state index in [2.05, 4.69) is 57.4 Å². The summed E-state index contributed by atoms with van der Waals surface area (Å²) in [6, 6.07) is -3.18. The molecule has 23 nitrogen and oxygen atoms in total. The summed E-state index contributed by atoms with van der Waals surface area (Å²) in [7, 11) is -9.40. The molecule has 580 valence electrons. The Morgan fingerprint density at radius 1 is 0.480 bits per heavy atom. The summed E-state index contributed by atoms with van der Waals surface area (Å²) in [5.74, 6) is -2.79. The van der Waals surface area contributed by atoms with Gasteiger partial charge < -0.3 is 86.9 Å².